The Morgan fingerprint density at radius 2 is 1.73 bits per heavy atom. The Labute approximate surface area is 231 Å². The lowest BCUT2D eigenvalue weighted by molar-refractivity contribution is -0.137. The number of aromatic nitrogens is 4. The van der Waals surface area contributed by atoms with Gasteiger partial charge in [0.25, 0.3) is 0 Å². The number of anilines is 4. The van der Waals surface area contributed by atoms with Gasteiger partial charge >= 0.3 is 6.18 Å². The van der Waals surface area contributed by atoms with Gasteiger partial charge in [-0.25, -0.2) is 19.9 Å². The van der Waals surface area contributed by atoms with E-state index in [2.05, 4.69) is 36.7 Å². The van der Waals surface area contributed by atoms with Crippen LogP contribution in [0.1, 0.15) is 50.3 Å². The van der Waals surface area contributed by atoms with Crippen LogP contribution in [-0.4, -0.2) is 51.7 Å². The van der Waals surface area contributed by atoms with Crippen LogP contribution in [0.4, 0.5) is 36.3 Å². The van der Waals surface area contributed by atoms with Crippen molar-refractivity contribution in [2.24, 2.45) is 5.73 Å². The summed E-state index contributed by atoms with van der Waals surface area (Å²) in [5.74, 6) is 1.03. The maximum Gasteiger partial charge on any atom is 0.418 e. The lowest BCUT2D eigenvalue weighted by Gasteiger charge is -2.38. The van der Waals surface area contributed by atoms with E-state index in [0.29, 0.717) is 11.6 Å². The fourth-order valence-electron chi connectivity index (χ4n) is 5.12. The number of rotatable bonds is 6. The molecule has 0 unspecified atom stereocenters. The van der Waals surface area contributed by atoms with E-state index in [4.69, 9.17) is 11.5 Å². The minimum Gasteiger partial charge on any atom is -0.382 e. The molecule has 0 aliphatic carbocycles. The van der Waals surface area contributed by atoms with Crippen LogP contribution in [0.3, 0.4) is 0 Å². The van der Waals surface area contributed by atoms with Crippen LogP contribution in [0, 0.1) is 0 Å². The first kappa shape index (κ1) is 27.6. The van der Waals surface area contributed by atoms with E-state index in [0.717, 1.165) is 70.0 Å². The van der Waals surface area contributed by atoms with E-state index < -0.39 is 11.7 Å². The molecule has 212 valence electrons. The SMILES string of the molecule is C=C(Nc1ncccc1N1CCC(C)(N)CC1)c1nc(-c2nc(N3CCCCC3)ccc2C(F)(F)F)cnc1N. The summed E-state index contributed by atoms with van der Waals surface area (Å²) >= 11 is 0. The Hall–Kier alpha value is -3.93. The van der Waals surface area contributed by atoms with Gasteiger partial charge in [0.05, 0.1) is 23.1 Å². The van der Waals surface area contributed by atoms with Gasteiger partial charge in [0, 0.05) is 37.9 Å². The third-order valence-corrected chi connectivity index (χ3v) is 7.50. The Bertz CT molecular complexity index is 1370. The highest BCUT2D eigenvalue weighted by Gasteiger charge is 2.36. The highest BCUT2D eigenvalue weighted by Crippen LogP contribution is 2.38. The molecule has 5 N–H and O–H groups in total. The van der Waals surface area contributed by atoms with Crippen molar-refractivity contribution >= 4 is 28.8 Å². The molecule has 5 rings (SSSR count). The standard InChI is InChI=1S/C28H34F3N9/c1-18(36-26-21(7-6-12-34-26)39-15-10-27(2,33)11-16-39)23-25(32)35-17-20(37-23)24-19(28(29,30)31)8-9-22(38-24)40-13-4-3-5-14-40/h6-9,12,17H,1,3-5,10-11,13-16,33H2,2H3,(H2,32,35)(H,34,36). The zero-order valence-electron chi connectivity index (χ0n) is 22.5. The van der Waals surface area contributed by atoms with Crippen molar-refractivity contribution in [1.29, 1.82) is 0 Å². The van der Waals surface area contributed by atoms with Crippen molar-refractivity contribution in [1.82, 2.24) is 19.9 Å². The molecule has 0 spiro atoms. The molecule has 2 aliphatic rings. The summed E-state index contributed by atoms with van der Waals surface area (Å²) in [7, 11) is 0. The van der Waals surface area contributed by atoms with Crippen LogP contribution in [-0.2, 0) is 6.18 Å². The van der Waals surface area contributed by atoms with Crippen LogP contribution in [0.2, 0.25) is 0 Å². The van der Waals surface area contributed by atoms with Crippen molar-refractivity contribution in [2.75, 3.05) is 47.0 Å². The summed E-state index contributed by atoms with van der Waals surface area (Å²) in [5.41, 5.74) is 12.2. The molecule has 12 heteroatoms. The van der Waals surface area contributed by atoms with Crippen molar-refractivity contribution in [3.05, 3.63) is 54.5 Å². The number of hydrogen-bond donors (Lipinski definition) is 3. The van der Waals surface area contributed by atoms with Crippen LogP contribution >= 0.6 is 0 Å². The quantitative estimate of drug-likeness (QED) is 0.390. The predicted molar refractivity (Wildman–Crippen MR) is 152 cm³/mol. The molecule has 2 fully saturated rings. The molecule has 2 saturated heterocycles. The first-order valence-corrected chi connectivity index (χ1v) is 13.4. The van der Waals surface area contributed by atoms with Crippen LogP contribution < -0.4 is 26.6 Å². The molecular formula is C28H34F3N9. The van der Waals surface area contributed by atoms with Crippen molar-refractivity contribution in [3.63, 3.8) is 0 Å². The van der Waals surface area contributed by atoms with Crippen LogP contribution in [0.25, 0.3) is 17.1 Å². The summed E-state index contributed by atoms with van der Waals surface area (Å²) in [6, 6.07) is 6.26. The van der Waals surface area contributed by atoms with Crippen LogP contribution in [0.15, 0.2) is 43.2 Å². The minimum atomic E-state index is -4.63. The number of alkyl halides is 3. The summed E-state index contributed by atoms with van der Waals surface area (Å²) < 4.78 is 42.1. The van der Waals surface area contributed by atoms with Crippen molar-refractivity contribution < 1.29 is 13.2 Å². The number of hydrogen-bond acceptors (Lipinski definition) is 9. The first-order valence-electron chi connectivity index (χ1n) is 13.4. The van der Waals surface area contributed by atoms with Gasteiger partial charge in [-0.3, -0.25) is 0 Å². The molecule has 5 heterocycles. The van der Waals surface area contributed by atoms with Gasteiger partial charge in [-0.05, 0) is 63.3 Å². The maximum absolute atomic E-state index is 14.0. The number of nitrogens with zero attached hydrogens (tertiary/aromatic N) is 6. The average molecular weight is 554 g/mol. The Kier molecular flexibility index (Phi) is 7.54. The maximum atomic E-state index is 14.0. The Balaban J connectivity index is 1.46. The Morgan fingerprint density at radius 1 is 1.00 bits per heavy atom. The molecule has 0 bridgehead atoms. The zero-order chi connectivity index (χ0) is 28.5. The van der Waals surface area contributed by atoms with E-state index >= 15 is 0 Å². The molecule has 2 aliphatic heterocycles. The number of nitrogen functional groups attached to an aromatic ring is 1. The van der Waals surface area contributed by atoms with E-state index in [1.54, 1.807) is 6.20 Å². The zero-order valence-corrected chi connectivity index (χ0v) is 22.5. The molecule has 40 heavy (non-hydrogen) atoms. The van der Waals surface area contributed by atoms with E-state index in [1.807, 2.05) is 24.0 Å². The van der Waals surface area contributed by atoms with E-state index in [1.165, 1.54) is 12.3 Å². The third-order valence-electron chi connectivity index (χ3n) is 7.50. The largest absolute Gasteiger partial charge is 0.418 e. The second-order valence-electron chi connectivity index (χ2n) is 10.7. The topological polar surface area (TPSA) is 122 Å². The average Bonchev–Trinajstić information content (AvgIpc) is 2.93. The van der Waals surface area contributed by atoms with E-state index in [9.17, 15) is 13.2 Å². The predicted octanol–water partition coefficient (Wildman–Crippen LogP) is 4.93. The smallest absolute Gasteiger partial charge is 0.382 e. The van der Waals surface area contributed by atoms with Gasteiger partial charge in [0.15, 0.2) is 11.6 Å². The summed E-state index contributed by atoms with van der Waals surface area (Å²) in [4.78, 5) is 21.7. The van der Waals surface area contributed by atoms with E-state index in [-0.39, 0.29) is 34.1 Å². The first-order chi connectivity index (χ1) is 19.0. The molecule has 0 radical (unpaired) electrons. The number of pyridine rings is 2. The lowest BCUT2D eigenvalue weighted by Crippen LogP contribution is -2.48. The van der Waals surface area contributed by atoms with Gasteiger partial charge in [0.1, 0.15) is 22.9 Å². The normalized spacial score (nSPS) is 17.5. The van der Waals surface area contributed by atoms with Gasteiger partial charge in [-0.1, -0.05) is 6.58 Å². The highest BCUT2D eigenvalue weighted by atomic mass is 19.4. The number of piperidine rings is 2. The number of nitrogens with one attached hydrogen (secondary N) is 1. The fourth-order valence-corrected chi connectivity index (χ4v) is 5.12. The van der Waals surface area contributed by atoms with Crippen LogP contribution in [0.5, 0.6) is 0 Å². The summed E-state index contributed by atoms with van der Waals surface area (Å²) in [6.45, 7) is 9.11. The van der Waals surface area contributed by atoms with Gasteiger partial charge < -0.3 is 26.6 Å². The monoisotopic (exact) mass is 553 g/mol. The van der Waals surface area contributed by atoms with Gasteiger partial charge in [0.2, 0.25) is 0 Å². The summed E-state index contributed by atoms with van der Waals surface area (Å²) in [5, 5.41) is 3.16. The summed E-state index contributed by atoms with van der Waals surface area (Å²) in [6.07, 6.45) is 2.91. The number of halogens is 3. The number of nitrogens with two attached hydrogens (primary N) is 2. The molecule has 0 amide bonds. The highest BCUT2D eigenvalue weighted by molar-refractivity contribution is 5.82. The van der Waals surface area contributed by atoms with Crippen molar-refractivity contribution in [2.45, 2.75) is 50.7 Å². The lowest BCUT2D eigenvalue weighted by atomic mass is 9.91. The molecular weight excluding hydrogens is 519 g/mol. The second kappa shape index (κ2) is 10.9. The molecule has 3 aromatic rings. The fraction of sp³-hybridized carbons (Fsp3) is 0.429. The molecule has 3 aromatic heterocycles. The molecule has 9 nitrogen and oxygen atoms in total. The van der Waals surface area contributed by atoms with Crippen molar-refractivity contribution in [3.8, 4) is 11.4 Å². The second-order valence-corrected chi connectivity index (χ2v) is 10.7. The van der Waals surface area contributed by atoms with Gasteiger partial charge in [-0.15, -0.1) is 0 Å². The molecule has 0 aromatic carbocycles. The molecule has 0 saturated carbocycles. The molecule has 0 atom stereocenters. The Morgan fingerprint density at radius 3 is 2.42 bits per heavy atom. The third kappa shape index (κ3) is 5.96. The minimum absolute atomic E-state index is 0.0244. The van der Waals surface area contributed by atoms with Gasteiger partial charge in [-0.2, -0.15) is 13.2 Å².